The SMILES string of the molecule is O=C(O)C(=O)O.OB1OB2OB(O)OB(O1)O2. The Balaban J connectivity index is 0.000000209. The van der Waals surface area contributed by atoms with Gasteiger partial charge < -0.3 is 43.1 Å². The minimum atomic E-state index is -1.82. The van der Waals surface area contributed by atoms with Crippen LogP contribution in [0, 0.1) is 0 Å². The zero-order valence-corrected chi connectivity index (χ0v) is 7.96. The molecule has 90 valence electrons. The van der Waals surface area contributed by atoms with Crippen LogP contribution in [0.4, 0.5) is 0 Å². The third-order valence-corrected chi connectivity index (χ3v) is 1.32. The first kappa shape index (κ1) is 14.0. The van der Waals surface area contributed by atoms with E-state index in [9.17, 15) is 0 Å². The Labute approximate surface area is 94.9 Å². The summed E-state index contributed by atoms with van der Waals surface area (Å²) in [6.07, 6.45) is 0. The average Bonchev–Trinajstić information content (AvgIpc) is 2.15. The lowest BCUT2D eigenvalue weighted by atomic mass is 9.90. The average molecular weight is 247 g/mol. The van der Waals surface area contributed by atoms with Crippen LogP contribution in [0.1, 0.15) is 0 Å². The molecular weight excluding hydrogens is 243 g/mol. The van der Waals surface area contributed by atoms with Crippen molar-refractivity contribution in [3.05, 3.63) is 0 Å². The Morgan fingerprint density at radius 2 is 1.00 bits per heavy atom. The summed E-state index contributed by atoms with van der Waals surface area (Å²) < 4.78 is 22.6. The van der Waals surface area contributed by atoms with Crippen LogP contribution < -0.4 is 0 Å². The minimum Gasteiger partial charge on any atom is -0.473 e. The van der Waals surface area contributed by atoms with Crippen LogP contribution in [-0.4, -0.2) is 61.5 Å². The zero-order chi connectivity index (χ0) is 13.0. The summed E-state index contributed by atoms with van der Waals surface area (Å²) in [5, 5.41) is 32.3. The lowest BCUT2D eigenvalue weighted by molar-refractivity contribution is -0.159. The summed E-state index contributed by atoms with van der Waals surface area (Å²) in [6, 6.07) is 0. The van der Waals surface area contributed by atoms with Crippen molar-refractivity contribution < 1.29 is 52.7 Å². The van der Waals surface area contributed by atoms with Crippen LogP contribution in [0.3, 0.4) is 0 Å². The molecule has 0 aromatic rings. The first-order chi connectivity index (χ1) is 7.88. The molecule has 0 aliphatic carbocycles. The van der Waals surface area contributed by atoms with Crippen LogP contribution in [0.15, 0.2) is 0 Å². The summed E-state index contributed by atoms with van der Waals surface area (Å²) >= 11 is 0. The number of carboxylic acid groups (broad SMARTS) is 2. The van der Waals surface area contributed by atoms with E-state index in [-0.39, 0.29) is 0 Å². The number of carboxylic acids is 2. The summed E-state index contributed by atoms with van der Waals surface area (Å²) in [7, 11) is -5.20. The number of carbonyl (C=O) groups is 2. The van der Waals surface area contributed by atoms with Crippen LogP contribution >= 0.6 is 0 Å². The maximum absolute atomic E-state index is 9.10. The molecule has 2 heterocycles. The standard InChI is InChI=1S/C2H2O4.B4H2O7/c3-1(4)2(5)6;5-1-7-3-9-2(6)10-4(8-1)11-3/h(H,3,4)(H,5,6);5-6H. The van der Waals surface area contributed by atoms with Gasteiger partial charge in [-0.3, -0.25) is 0 Å². The number of hydrogen-bond acceptors (Lipinski definition) is 9. The van der Waals surface area contributed by atoms with Gasteiger partial charge in [0.1, 0.15) is 0 Å². The van der Waals surface area contributed by atoms with Crippen molar-refractivity contribution in [3.63, 3.8) is 0 Å². The van der Waals surface area contributed by atoms with Crippen LogP contribution in [0.25, 0.3) is 0 Å². The van der Waals surface area contributed by atoms with Crippen molar-refractivity contribution >= 4 is 41.2 Å². The number of aliphatic carboxylic acids is 2. The van der Waals surface area contributed by atoms with E-state index in [2.05, 4.69) is 22.9 Å². The molecule has 2 aliphatic heterocycles. The Morgan fingerprint density at radius 3 is 1.24 bits per heavy atom. The van der Waals surface area contributed by atoms with Crippen molar-refractivity contribution in [2.75, 3.05) is 0 Å². The van der Waals surface area contributed by atoms with Crippen molar-refractivity contribution in [2.45, 2.75) is 0 Å². The number of rotatable bonds is 0. The van der Waals surface area contributed by atoms with E-state index < -0.39 is 41.2 Å². The van der Waals surface area contributed by atoms with E-state index in [4.69, 9.17) is 29.9 Å². The van der Waals surface area contributed by atoms with Gasteiger partial charge in [-0.2, -0.15) is 0 Å². The highest BCUT2D eigenvalue weighted by Crippen LogP contribution is 2.14. The molecule has 0 unspecified atom stereocenters. The zero-order valence-electron chi connectivity index (χ0n) is 7.96. The van der Waals surface area contributed by atoms with Gasteiger partial charge in [0, 0.05) is 0 Å². The molecule has 2 aliphatic rings. The Hall–Kier alpha value is -1.08. The van der Waals surface area contributed by atoms with Gasteiger partial charge in [-0.1, -0.05) is 0 Å². The predicted octanol–water partition coefficient (Wildman–Crippen LogP) is -3.82. The lowest BCUT2D eigenvalue weighted by Gasteiger charge is -2.31. The van der Waals surface area contributed by atoms with Crippen LogP contribution in [0.2, 0.25) is 0 Å². The van der Waals surface area contributed by atoms with E-state index in [0.29, 0.717) is 0 Å². The summed E-state index contributed by atoms with van der Waals surface area (Å²) in [5.41, 5.74) is 0. The van der Waals surface area contributed by atoms with Gasteiger partial charge in [0.05, 0.1) is 0 Å². The maximum Gasteiger partial charge on any atom is 0.612 e. The highest BCUT2D eigenvalue weighted by Gasteiger charge is 2.52. The van der Waals surface area contributed by atoms with E-state index in [1.165, 1.54) is 0 Å². The quantitative estimate of drug-likeness (QED) is 0.245. The maximum atomic E-state index is 9.10. The molecule has 2 bridgehead atoms. The fourth-order valence-corrected chi connectivity index (χ4v) is 0.728. The van der Waals surface area contributed by atoms with Crippen molar-refractivity contribution in [2.24, 2.45) is 0 Å². The highest BCUT2D eigenvalue weighted by molar-refractivity contribution is 6.74. The number of hydrogen-bond donors (Lipinski definition) is 4. The predicted molar refractivity (Wildman–Crippen MR) is 48.2 cm³/mol. The molecule has 0 spiro atoms. The van der Waals surface area contributed by atoms with Gasteiger partial charge in [0.15, 0.2) is 0 Å². The second-order valence-corrected chi connectivity index (χ2v) is 2.48. The normalized spacial score (nSPS) is 18.5. The lowest BCUT2D eigenvalue weighted by Crippen LogP contribution is -2.59. The second kappa shape index (κ2) is 6.02. The largest absolute Gasteiger partial charge is 0.612 e. The Kier molecular flexibility index (Phi) is 4.95. The molecule has 17 heavy (non-hydrogen) atoms. The van der Waals surface area contributed by atoms with Gasteiger partial charge >= 0.3 is 41.2 Å². The molecular formula is C2H4B4O11. The molecule has 4 N–H and O–H groups in total. The van der Waals surface area contributed by atoms with Gasteiger partial charge in [-0.05, 0) is 0 Å². The summed E-state index contributed by atoms with van der Waals surface area (Å²) in [5.74, 6) is -3.65. The minimum absolute atomic E-state index is 1.15. The van der Waals surface area contributed by atoms with Gasteiger partial charge in [0.25, 0.3) is 0 Å². The van der Waals surface area contributed by atoms with Crippen molar-refractivity contribution in [1.29, 1.82) is 0 Å². The fraction of sp³-hybridized carbons (Fsp3) is 0. The first-order valence-corrected chi connectivity index (χ1v) is 3.98. The molecule has 0 aromatic heterocycles. The van der Waals surface area contributed by atoms with Crippen LogP contribution in [0.5, 0.6) is 0 Å². The second-order valence-electron chi connectivity index (χ2n) is 2.48. The molecule has 0 aromatic carbocycles. The van der Waals surface area contributed by atoms with Crippen molar-refractivity contribution in [3.8, 4) is 0 Å². The molecule has 0 amide bonds. The molecule has 0 radical (unpaired) electrons. The van der Waals surface area contributed by atoms with Crippen molar-refractivity contribution in [1.82, 2.24) is 0 Å². The molecule has 2 saturated heterocycles. The van der Waals surface area contributed by atoms with E-state index in [0.717, 1.165) is 0 Å². The van der Waals surface area contributed by atoms with E-state index >= 15 is 0 Å². The molecule has 2 rings (SSSR count). The fourth-order valence-electron chi connectivity index (χ4n) is 0.728. The third kappa shape index (κ3) is 4.74. The number of fused-ring (bicyclic) bond motifs is 2. The van der Waals surface area contributed by atoms with Crippen LogP contribution in [-0.2, 0) is 32.4 Å². The third-order valence-electron chi connectivity index (χ3n) is 1.32. The topological polar surface area (TPSA) is 161 Å². The van der Waals surface area contributed by atoms with E-state index in [1.807, 2.05) is 0 Å². The molecule has 0 saturated carbocycles. The summed E-state index contributed by atoms with van der Waals surface area (Å²) in [6.45, 7) is 0. The highest BCUT2D eigenvalue weighted by atomic mass is 16.9. The summed E-state index contributed by atoms with van der Waals surface area (Å²) in [4.78, 5) is 18.2. The van der Waals surface area contributed by atoms with E-state index in [1.54, 1.807) is 0 Å². The van der Waals surface area contributed by atoms with Gasteiger partial charge in [0.2, 0.25) is 0 Å². The monoisotopic (exact) mass is 248 g/mol. The van der Waals surface area contributed by atoms with Gasteiger partial charge in [-0.15, -0.1) is 0 Å². The first-order valence-electron chi connectivity index (χ1n) is 3.98. The molecule has 11 nitrogen and oxygen atoms in total. The Morgan fingerprint density at radius 1 is 0.706 bits per heavy atom. The molecule has 2 fully saturated rings. The smallest absolute Gasteiger partial charge is 0.473 e. The molecule has 0 atom stereocenters. The van der Waals surface area contributed by atoms with Gasteiger partial charge in [-0.25, -0.2) is 9.59 Å². The molecule has 15 heteroatoms. The Bertz CT molecular complexity index is 250.